The molecule has 1 heterocycles. The highest BCUT2D eigenvalue weighted by Crippen LogP contribution is 2.20. The number of carboxylic acids is 1. The molecule has 0 aliphatic carbocycles. The molecule has 110 valence electrons. The highest BCUT2D eigenvalue weighted by Gasteiger charge is 2.12. The van der Waals surface area contributed by atoms with Gasteiger partial charge in [0.05, 0.1) is 24.8 Å². The van der Waals surface area contributed by atoms with Crippen LogP contribution in [0.5, 0.6) is 0 Å². The number of hydrogen-bond donors (Lipinski definition) is 2. The fourth-order valence-electron chi connectivity index (χ4n) is 1.94. The lowest BCUT2D eigenvalue weighted by atomic mass is 10.1. The number of nitrogens with one attached hydrogen (secondary N) is 1. The topological polar surface area (TPSA) is 88.8 Å². The van der Waals surface area contributed by atoms with Crippen LogP contribution in [0.4, 0.5) is 5.69 Å². The van der Waals surface area contributed by atoms with Crippen molar-refractivity contribution in [2.24, 2.45) is 0 Å². The van der Waals surface area contributed by atoms with Crippen molar-refractivity contribution < 1.29 is 23.8 Å². The van der Waals surface area contributed by atoms with Crippen LogP contribution in [-0.2, 0) is 11.3 Å². The Morgan fingerprint density at radius 2 is 2.14 bits per heavy atom. The molecule has 1 aromatic heterocycles. The first-order valence-electron chi connectivity index (χ1n) is 6.25. The average Bonchev–Trinajstić information content (AvgIpc) is 2.94. The highest BCUT2D eigenvalue weighted by molar-refractivity contribution is 5.91. The smallest absolute Gasteiger partial charge is 0.341 e. The van der Waals surface area contributed by atoms with Crippen LogP contribution in [0.3, 0.4) is 0 Å². The largest absolute Gasteiger partial charge is 0.478 e. The van der Waals surface area contributed by atoms with E-state index in [4.69, 9.17) is 9.52 Å². The van der Waals surface area contributed by atoms with E-state index in [0.29, 0.717) is 29.1 Å². The van der Waals surface area contributed by atoms with Crippen molar-refractivity contribution in [2.45, 2.75) is 13.5 Å². The predicted molar refractivity (Wildman–Crippen MR) is 75.5 cm³/mol. The summed E-state index contributed by atoms with van der Waals surface area (Å²) in [4.78, 5) is 22.4. The zero-order chi connectivity index (χ0) is 15.4. The Balaban J connectivity index is 2.10. The minimum atomic E-state index is -0.970. The molecule has 0 atom stereocenters. The zero-order valence-electron chi connectivity index (χ0n) is 11.7. The predicted octanol–water partition coefficient (Wildman–Crippen LogP) is 2.68. The summed E-state index contributed by atoms with van der Waals surface area (Å²) in [6.45, 7) is 2.06. The molecule has 0 fully saturated rings. The van der Waals surface area contributed by atoms with Gasteiger partial charge in [-0.3, -0.25) is 0 Å². The van der Waals surface area contributed by atoms with Gasteiger partial charge >= 0.3 is 11.9 Å². The van der Waals surface area contributed by atoms with Crippen LogP contribution in [0.2, 0.25) is 0 Å². The van der Waals surface area contributed by atoms with Crippen molar-refractivity contribution in [1.82, 2.24) is 0 Å². The standard InChI is InChI=1S/C15H15NO5/c1-9-12(14(17)18)4-3-5-13(9)16-7-11-6-10(8-21-11)15(19)20-2/h3-6,8,16H,7H2,1-2H3,(H,17,18). The maximum atomic E-state index is 11.3. The number of methoxy groups -OCH3 is 1. The van der Waals surface area contributed by atoms with E-state index in [0.717, 1.165) is 0 Å². The molecule has 0 amide bonds. The van der Waals surface area contributed by atoms with Crippen molar-refractivity contribution in [2.75, 3.05) is 12.4 Å². The number of carbonyl (C=O) groups excluding carboxylic acids is 1. The van der Waals surface area contributed by atoms with E-state index < -0.39 is 11.9 Å². The van der Waals surface area contributed by atoms with Gasteiger partial charge < -0.3 is 19.6 Å². The minimum absolute atomic E-state index is 0.245. The van der Waals surface area contributed by atoms with Crippen molar-refractivity contribution in [3.63, 3.8) is 0 Å². The number of benzene rings is 1. The summed E-state index contributed by atoms with van der Waals surface area (Å²) in [7, 11) is 1.30. The second-order valence-electron chi connectivity index (χ2n) is 4.43. The van der Waals surface area contributed by atoms with Gasteiger partial charge in [-0.1, -0.05) is 6.07 Å². The van der Waals surface area contributed by atoms with Crippen molar-refractivity contribution in [1.29, 1.82) is 0 Å². The van der Waals surface area contributed by atoms with Gasteiger partial charge in [-0.2, -0.15) is 0 Å². The first-order chi connectivity index (χ1) is 10.0. The second kappa shape index (κ2) is 6.13. The third-order valence-electron chi connectivity index (χ3n) is 3.09. The van der Waals surface area contributed by atoms with Crippen molar-refractivity contribution in [3.8, 4) is 0 Å². The second-order valence-corrected chi connectivity index (χ2v) is 4.43. The molecule has 0 radical (unpaired) electrons. The SMILES string of the molecule is COC(=O)c1coc(CNc2cccc(C(=O)O)c2C)c1. The molecule has 0 spiro atoms. The molecule has 2 N–H and O–H groups in total. The molecule has 2 rings (SSSR count). The Morgan fingerprint density at radius 3 is 2.81 bits per heavy atom. The molecule has 1 aromatic carbocycles. The van der Waals surface area contributed by atoms with Crippen LogP contribution in [0.1, 0.15) is 32.0 Å². The molecule has 0 bridgehead atoms. The number of carbonyl (C=O) groups is 2. The van der Waals surface area contributed by atoms with E-state index in [-0.39, 0.29) is 5.56 Å². The van der Waals surface area contributed by atoms with Gasteiger partial charge in [0.1, 0.15) is 12.0 Å². The first-order valence-corrected chi connectivity index (χ1v) is 6.25. The third kappa shape index (κ3) is 3.22. The Hall–Kier alpha value is -2.76. The van der Waals surface area contributed by atoms with E-state index in [1.165, 1.54) is 13.4 Å². The molecular formula is C15H15NO5. The fraction of sp³-hybridized carbons (Fsp3) is 0.200. The van der Waals surface area contributed by atoms with Crippen LogP contribution in [0.25, 0.3) is 0 Å². The quantitative estimate of drug-likeness (QED) is 0.823. The lowest BCUT2D eigenvalue weighted by Gasteiger charge is -2.10. The maximum absolute atomic E-state index is 11.3. The Morgan fingerprint density at radius 1 is 1.38 bits per heavy atom. The molecule has 0 unspecified atom stereocenters. The number of furan rings is 1. The van der Waals surface area contributed by atoms with Gasteiger partial charge in [0, 0.05) is 5.69 Å². The Bertz CT molecular complexity index is 674. The molecule has 0 aliphatic rings. The number of esters is 1. The molecule has 0 saturated heterocycles. The fourth-order valence-corrected chi connectivity index (χ4v) is 1.94. The summed E-state index contributed by atoms with van der Waals surface area (Å²) in [5.41, 5.74) is 1.93. The van der Waals surface area contributed by atoms with Crippen LogP contribution in [0, 0.1) is 6.92 Å². The molecule has 0 saturated carbocycles. The number of carboxylic acid groups (broad SMARTS) is 1. The molecule has 6 heteroatoms. The monoisotopic (exact) mass is 289 g/mol. The molecule has 6 nitrogen and oxygen atoms in total. The maximum Gasteiger partial charge on any atom is 0.341 e. The number of anilines is 1. The zero-order valence-corrected chi connectivity index (χ0v) is 11.7. The van der Waals surface area contributed by atoms with E-state index in [1.807, 2.05) is 0 Å². The molecule has 0 aliphatic heterocycles. The van der Waals surface area contributed by atoms with Crippen LogP contribution < -0.4 is 5.32 Å². The summed E-state index contributed by atoms with van der Waals surface area (Å²) < 4.78 is 9.84. The summed E-state index contributed by atoms with van der Waals surface area (Å²) in [5.74, 6) is -0.883. The molecule has 2 aromatic rings. The normalized spacial score (nSPS) is 10.2. The van der Waals surface area contributed by atoms with Gasteiger partial charge in [-0.25, -0.2) is 9.59 Å². The van der Waals surface area contributed by atoms with Crippen molar-refractivity contribution in [3.05, 3.63) is 53.0 Å². The van der Waals surface area contributed by atoms with Crippen molar-refractivity contribution >= 4 is 17.6 Å². The minimum Gasteiger partial charge on any atom is -0.478 e. The summed E-state index contributed by atoms with van der Waals surface area (Å²) in [6, 6.07) is 6.58. The lowest BCUT2D eigenvalue weighted by Crippen LogP contribution is -2.05. The summed E-state index contributed by atoms with van der Waals surface area (Å²) in [5, 5.41) is 12.2. The number of ether oxygens (including phenoxy) is 1. The highest BCUT2D eigenvalue weighted by atomic mass is 16.5. The van der Waals surface area contributed by atoms with E-state index in [1.54, 1.807) is 31.2 Å². The lowest BCUT2D eigenvalue weighted by molar-refractivity contribution is 0.0599. The number of aromatic carboxylic acids is 1. The molecular weight excluding hydrogens is 274 g/mol. The number of hydrogen-bond acceptors (Lipinski definition) is 5. The van der Waals surface area contributed by atoms with Crippen LogP contribution in [0.15, 0.2) is 34.9 Å². The average molecular weight is 289 g/mol. The first kappa shape index (κ1) is 14.6. The Kier molecular flexibility index (Phi) is 4.27. The number of rotatable bonds is 5. The van der Waals surface area contributed by atoms with Gasteiger partial charge in [-0.15, -0.1) is 0 Å². The third-order valence-corrected chi connectivity index (χ3v) is 3.09. The van der Waals surface area contributed by atoms with E-state index in [9.17, 15) is 9.59 Å². The van der Waals surface area contributed by atoms with Crippen LogP contribution >= 0.6 is 0 Å². The summed E-state index contributed by atoms with van der Waals surface area (Å²) in [6.07, 6.45) is 1.32. The van der Waals surface area contributed by atoms with E-state index >= 15 is 0 Å². The van der Waals surface area contributed by atoms with E-state index in [2.05, 4.69) is 10.1 Å². The van der Waals surface area contributed by atoms with Gasteiger partial charge in [0.25, 0.3) is 0 Å². The van der Waals surface area contributed by atoms with Gasteiger partial charge in [-0.05, 0) is 30.7 Å². The van der Waals surface area contributed by atoms with Gasteiger partial charge in [0.15, 0.2) is 0 Å². The molecule has 21 heavy (non-hydrogen) atoms. The van der Waals surface area contributed by atoms with Gasteiger partial charge in [0.2, 0.25) is 0 Å². The summed E-state index contributed by atoms with van der Waals surface area (Å²) >= 11 is 0. The van der Waals surface area contributed by atoms with Crippen LogP contribution in [-0.4, -0.2) is 24.2 Å². The Labute approximate surface area is 121 Å².